The number of benzene rings is 1. The van der Waals surface area contributed by atoms with Gasteiger partial charge in [-0.15, -0.1) is 5.10 Å². The number of nitrogens with zero attached hydrogens (tertiary/aromatic N) is 4. The second-order valence-corrected chi connectivity index (χ2v) is 8.08. The van der Waals surface area contributed by atoms with Crippen molar-refractivity contribution >= 4 is 5.91 Å². The fourth-order valence-electron chi connectivity index (χ4n) is 4.10. The zero-order valence-corrected chi connectivity index (χ0v) is 18.6. The van der Waals surface area contributed by atoms with Gasteiger partial charge in [0.05, 0.1) is 38.5 Å². The quantitative estimate of drug-likeness (QED) is 0.512. The number of aliphatic hydroxyl groups excluding tert-OH is 1. The van der Waals surface area contributed by atoms with Gasteiger partial charge < -0.3 is 19.9 Å². The summed E-state index contributed by atoms with van der Waals surface area (Å²) >= 11 is 0. The fraction of sp³-hybridized carbons (Fsp3) is 0.417. The molecule has 0 spiro atoms. The SMILES string of the molecule is COc1ccccc1-c1cn(CC[C@@H]2CC[C@H](NC(=O)Cc3ccccn3)[C@@H](CO)O2)nn1. The molecule has 0 bridgehead atoms. The molecule has 1 fully saturated rings. The van der Waals surface area contributed by atoms with Crippen LogP contribution in [0.2, 0.25) is 0 Å². The Morgan fingerprint density at radius 2 is 2.09 bits per heavy atom. The summed E-state index contributed by atoms with van der Waals surface area (Å²) in [5.41, 5.74) is 2.36. The highest BCUT2D eigenvalue weighted by Gasteiger charge is 2.31. The maximum Gasteiger partial charge on any atom is 0.226 e. The summed E-state index contributed by atoms with van der Waals surface area (Å²) in [5, 5.41) is 21.3. The van der Waals surface area contributed by atoms with Crippen molar-refractivity contribution in [1.82, 2.24) is 25.3 Å². The Kier molecular flexibility index (Phi) is 7.64. The van der Waals surface area contributed by atoms with E-state index in [1.54, 1.807) is 18.0 Å². The van der Waals surface area contributed by atoms with Crippen molar-refractivity contribution in [2.75, 3.05) is 13.7 Å². The summed E-state index contributed by atoms with van der Waals surface area (Å²) in [6, 6.07) is 13.0. The van der Waals surface area contributed by atoms with Crippen LogP contribution in [0.1, 0.15) is 25.0 Å². The molecule has 1 saturated heterocycles. The highest BCUT2D eigenvalue weighted by molar-refractivity contribution is 5.78. The smallest absolute Gasteiger partial charge is 0.226 e. The van der Waals surface area contributed by atoms with Gasteiger partial charge in [-0.1, -0.05) is 23.4 Å². The first-order chi connectivity index (χ1) is 16.2. The molecule has 1 amide bonds. The summed E-state index contributed by atoms with van der Waals surface area (Å²) in [4.78, 5) is 16.6. The summed E-state index contributed by atoms with van der Waals surface area (Å²) in [5.74, 6) is 0.632. The van der Waals surface area contributed by atoms with Gasteiger partial charge in [0.2, 0.25) is 5.91 Å². The fourth-order valence-corrected chi connectivity index (χ4v) is 4.10. The number of carbonyl (C=O) groups is 1. The lowest BCUT2D eigenvalue weighted by atomic mass is 9.97. The van der Waals surface area contributed by atoms with Crippen molar-refractivity contribution < 1.29 is 19.4 Å². The molecule has 2 aromatic heterocycles. The minimum absolute atomic E-state index is 0.0231. The topological polar surface area (TPSA) is 111 Å². The molecule has 0 radical (unpaired) electrons. The Balaban J connectivity index is 1.28. The molecule has 3 heterocycles. The molecule has 4 rings (SSSR count). The Labute approximate surface area is 192 Å². The van der Waals surface area contributed by atoms with Crippen LogP contribution >= 0.6 is 0 Å². The van der Waals surface area contributed by atoms with Crippen molar-refractivity contribution in [2.24, 2.45) is 0 Å². The summed E-state index contributed by atoms with van der Waals surface area (Å²) in [7, 11) is 1.63. The van der Waals surface area contributed by atoms with Gasteiger partial charge >= 0.3 is 0 Å². The van der Waals surface area contributed by atoms with Crippen molar-refractivity contribution in [1.29, 1.82) is 0 Å². The van der Waals surface area contributed by atoms with Crippen molar-refractivity contribution in [2.45, 2.75) is 50.5 Å². The number of pyridine rings is 1. The summed E-state index contributed by atoms with van der Waals surface area (Å²) in [6.07, 6.45) is 5.58. The number of aliphatic hydroxyl groups is 1. The molecule has 9 heteroatoms. The third-order valence-electron chi connectivity index (χ3n) is 5.81. The standard InChI is InChI=1S/C24H29N5O4/c1-32-22-8-3-2-7-19(22)21-15-29(28-27-21)13-11-18-9-10-20(23(16-30)33-18)26-24(31)14-17-6-4-5-12-25-17/h2-8,12,15,18,20,23,30H,9-11,13-14,16H2,1H3,(H,26,31)/t18-,20-,23+/m0/s1. The Hall–Kier alpha value is -3.30. The molecule has 1 aliphatic rings. The summed E-state index contributed by atoms with van der Waals surface area (Å²) < 4.78 is 13.3. The highest BCUT2D eigenvalue weighted by atomic mass is 16.5. The van der Waals surface area contributed by atoms with Crippen molar-refractivity contribution in [3.05, 3.63) is 60.6 Å². The van der Waals surface area contributed by atoms with E-state index in [9.17, 15) is 9.90 Å². The zero-order chi connectivity index (χ0) is 23.0. The van der Waals surface area contributed by atoms with Crippen LogP contribution < -0.4 is 10.1 Å². The van der Waals surface area contributed by atoms with Crippen LogP contribution in [-0.4, -0.2) is 63.0 Å². The monoisotopic (exact) mass is 451 g/mol. The molecule has 33 heavy (non-hydrogen) atoms. The molecular formula is C24H29N5O4. The van der Waals surface area contributed by atoms with Crippen LogP contribution in [0.5, 0.6) is 5.75 Å². The molecule has 1 aliphatic heterocycles. The normalized spacial score (nSPS) is 20.4. The number of para-hydroxylation sites is 1. The van der Waals surface area contributed by atoms with E-state index in [0.717, 1.165) is 36.3 Å². The number of aryl methyl sites for hydroxylation is 1. The first-order valence-electron chi connectivity index (χ1n) is 11.2. The third-order valence-corrected chi connectivity index (χ3v) is 5.81. The predicted octanol–water partition coefficient (Wildman–Crippen LogP) is 2.01. The molecule has 0 unspecified atom stereocenters. The second-order valence-electron chi connectivity index (χ2n) is 8.08. The van der Waals surface area contributed by atoms with Gasteiger partial charge in [0.15, 0.2) is 0 Å². The first-order valence-corrected chi connectivity index (χ1v) is 11.2. The third kappa shape index (κ3) is 5.94. The van der Waals surface area contributed by atoms with Gasteiger partial charge in [0, 0.05) is 24.0 Å². The lowest BCUT2D eigenvalue weighted by molar-refractivity contribution is -0.128. The molecule has 0 aliphatic carbocycles. The van der Waals surface area contributed by atoms with Crippen LogP contribution in [-0.2, 0) is 22.5 Å². The van der Waals surface area contributed by atoms with Crippen LogP contribution in [0.3, 0.4) is 0 Å². The second kappa shape index (κ2) is 11.0. The molecule has 9 nitrogen and oxygen atoms in total. The maximum atomic E-state index is 12.4. The number of carbonyl (C=O) groups excluding carboxylic acids is 1. The van der Waals surface area contributed by atoms with Crippen LogP contribution in [0, 0.1) is 0 Å². The average molecular weight is 452 g/mol. The number of ether oxygens (including phenoxy) is 2. The number of nitrogens with one attached hydrogen (secondary N) is 1. The van der Waals surface area contributed by atoms with E-state index in [4.69, 9.17) is 9.47 Å². The number of rotatable bonds is 9. The van der Waals surface area contributed by atoms with E-state index in [1.165, 1.54) is 0 Å². The minimum atomic E-state index is -0.434. The molecular weight excluding hydrogens is 422 g/mol. The zero-order valence-electron chi connectivity index (χ0n) is 18.6. The Bertz CT molecular complexity index is 1040. The lowest BCUT2D eigenvalue weighted by Gasteiger charge is -2.36. The van der Waals surface area contributed by atoms with E-state index in [1.807, 2.05) is 48.7 Å². The molecule has 0 saturated carbocycles. The van der Waals surface area contributed by atoms with Gasteiger partial charge in [-0.05, 0) is 43.5 Å². The van der Waals surface area contributed by atoms with Gasteiger partial charge in [-0.25, -0.2) is 0 Å². The van der Waals surface area contributed by atoms with Gasteiger partial charge in [-0.2, -0.15) is 0 Å². The van der Waals surface area contributed by atoms with Crippen LogP contribution in [0.4, 0.5) is 0 Å². The van der Waals surface area contributed by atoms with E-state index in [0.29, 0.717) is 12.2 Å². The molecule has 2 N–H and O–H groups in total. The van der Waals surface area contributed by atoms with Crippen LogP contribution in [0.15, 0.2) is 54.9 Å². The molecule has 1 aromatic carbocycles. The van der Waals surface area contributed by atoms with E-state index in [2.05, 4.69) is 20.6 Å². The lowest BCUT2D eigenvalue weighted by Crippen LogP contribution is -2.51. The van der Waals surface area contributed by atoms with Crippen molar-refractivity contribution in [3.63, 3.8) is 0 Å². The van der Waals surface area contributed by atoms with E-state index < -0.39 is 6.10 Å². The molecule has 174 valence electrons. The van der Waals surface area contributed by atoms with Gasteiger partial charge in [-0.3, -0.25) is 14.5 Å². The minimum Gasteiger partial charge on any atom is -0.496 e. The Morgan fingerprint density at radius 1 is 1.24 bits per heavy atom. The average Bonchev–Trinajstić information content (AvgIpc) is 3.33. The number of hydrogen-bond donors (Lipinski definition) is 2. The van der Waals surface area contributed by atoms with Crippen molar-refractivity contribution in [3.8, 4) is 17.0 Å². The molecule has 3 aromatic rings. The van der Waals surface area contributed by atoms with E-state index in [-0.39, 0.29) is 31.1 Å². The number of methoxy groups -OCH3 is 1. The highest BCUT2D eigenvalue weighted by Crippen LogP contribution is 2.28. The number of aromatic nitrogens is 4. The largest absolute Gasteiger partial charge is 0.496 e. The predicted molar refractivity (Wildman–Crippen MR) is 121 cm³/mol. The molecule has 3 atom stereocenters. The van der Waals surface area contributed by atoms with Crippen LogP contribution in [0.25, 0.3) is 11.3 Å². The number of amides is 1. The number of hydrogen-bond acceptors (Lipinski definition) is 7. The first kappa shape index (κ1) is 22.9. The van der Waals surface area contributed by atoms with Gasteiger partial charge in [0.25, 0.3) is 0 Å². The Morgan fingerprint density at radius 3 is 2.88 bits per heavy atom. The maximum absolute atomic E-state index is 12.4. The van der Waals surface area contributed by atoms with Gasteiger partial charge in [0.1, 0.15) is 17.5 Å². The summed E-state index contributed by atoms with van der Waals surface area (Å²) in [6.45, 7) is 0.494. The van der Waals surface area contributed by atoms with E-state index >= 15 is 0 Å².